The maximum atomic E-state index is 12.4. The molecule has 0 heterocycles. The summed E-state index contributed by atoms with van der Waals surface area (Å²) >= 11 is 0. The topological polar surface area (TPSA) is 95.9 Å². The van der Waals surface area contributed by atoms with E-state index in [-0.39, 0.29) is 18.5 Å². The Hall–Kier alpha value is -2.18. The fraction of sp³-hybridized carbons (Fsp3) is 0.815. The number of ether oxygens (including phenoxy) is 1. The van der Waals surface area contributed by atoms with Crippen LogP contribution in [-0.4, -0.2) is 47.4 Å². The Morgan fingerprint density at radius 3 is 1.30 bits per heavy atom. The summed E-state index contributed by atoms with van der Waals surface area (Å²) in [6.07, 6.45) is 61.1. The van der Waals surface area contributed by atoms with Crippen LogP contribution in [0.5, 0.6) is 0 Å². The van der Waals surface area contributed by atoms with Crippen molar-refractivity contribution in [2.75, 3.05) is 13.2 Å². The normalized spacial score (nSPS) is 13.1. The quantitative estimate of drug-likeness (QED) is 0.0322. The largest absolute Gasteiger partial charge is 0.466 e. The Labute approximate surface area is 372 Å². The number of allylic oxidation sites excluding steroid dienone is 7. The van der Waals surface area contributed by atoms with Crippen LogP contribution in [0.25, 0.3) is 0 Å². The molecule has 2 unspecified atom stereocenters. The molecule has 0 radical (unpaired) electrons. The average Bonchev–Trinajstić information content (AvgIpc) is 3.25. The van der Waals surface area contributed by atoms with E-state index in [0.29, 0.717) is 19.4 Å². The van der Waals surface area contributed by atoms with E-state index in [2.05, 4.69) is 55.6 Å². The zero-order valence-corrected chi connectivity index (χ0v) is 39.7. The Bertz CT molecular complexity index is 1020. The number of hydrogen-bond acceptors (Lipinski definition) is 5. The van der Waals surface area contributed by atoms with Crippen molar-refractivity contribution in [3.8, 4) is 0 Å². The van der Waals surface area contributed by atoms with Gasteiger partial charge in [-0.1, -0.05) is 204 Å². The third-order valence-electron chi connectivity index (χ3n) is 11.6. The second kappa shape index (κ2) is 49.5. The van der Waals surface area contributed by atoms with Crippen LogP contribution in [0.15, 0.2) is 48.6 Å². The Balaban J connectivity index is 3.50. The van der Waals surface area contributed by atoms with Crippen LogP contribution in [-0.2, 0) is 14.3 Å². The molecular weight excluding hydrogens is 743 g/mol. The summed E-state index contributed by atoms with van der Waals surface area (Å²) in [7, 11) is 0. The van der Waals surface area contributed by atoms with Crippen molar-refractivity contribution in [2.45, 2.75) is 270 Å². The fourth-order valence-corrected chi connectivity index (χ4v) is 7.54. The monoisotopic (exact) mass is 842 g/mol. The predicted octanol–water partition coefficient (Wildman–Crippen LogP) is 15.5. The summed E-state index contributed by atoms with van der Waals surface area (Å²) < 4.78 is 5.46. The summed E-state index contributed by atoms with van der Waals surface area (Å²) in [6, 6.07) is -0.640. The summed E-state index contributed by atoms with van der Waals surface area (Å²) in [6.45, 7) is 4.83. The van der Waals surface area contributed by atoms with Gasteiger partial charge in [0.2, 0.25) is 5.91 Å². The van der Waals surface area contributed by atoms with Gasteiger partial charge < -0.3 is 20.3 Å². The van der Waals surface area contributed by atoms with Crippen molar-refractivity contribution < 1.29 is 24.5 Å². The third kappa shape index (κ3) is 45.3. The van der Waals surface area contributed by atoms with Crippen molar-refractivity contribution in [1.29, 1.82) is 0 Å². The maximum absolute atomic E-state index is 12.4. The van der Waals surface area contributed by atoms with Crippen LogP contribution in [0.3, 0.4) is 0 Å². The lowest BCUT2D eigenvalue weighted by molar-refractivity contribution is -0.143. The number of carbonyl (C=O) groups is 2. The number of aliphatic hydroxyl groups is 2. The smallest absolute Gasteiger partial charge is 0.305 e. The van der Waals surface area contributed by atoms with Crippen LogP contribution in [0.4, 0.5) is 0 Å². The Morgan fingerprint density at radius 1 is 0.467 bits per heavy atom. The summed E-state index contributed by atoms with van der Waals surface area (Å²) in [4.78, 5) is 24.4. The first-order valence-electron chi connectivity index (χ1n) is 25.9. The molecule has 0 aromatic rings. The first kappa shape index (κ1) is 57.8. The molecule has 0 bridgehead atoms. The highest BCUT2D eigenvalue weighted by molar-refractivity contribution is 5.76. The number of carbonyl (C=O) groups excluding carboxylic acids is 2. The molecule has 0 saturated carbocycles. The second-order valence-corrected chi connectivity index (χ2v) is 17.5. The molecule has 6 nitrogen and oxygen atoms in total. The predicted molar refractivity (Wildman–Crippen MR) is 259 cm³/mol. The van der Waals surface area contributed by atoms with Gasteiger partial charge in [0.15, 0.2) is 0 Å². The van der Waals surface area contributed by atoms with Gasteiger partial charge in [-0.05, 0) is 89.9 Å². The SMILES string of the molecule is CCCCCC/C=C\C/C=C\CCCCCCCC(=O)OCCCCCCCCC/C=C\CCCCCCCC(=O)NC(CO)C(O)/C=C/CCCCCCCCCCC. The van der Waals surface area contributed by atoms with Crippen LogP contribution in [0.2, 0.25) is 0 Å². The molecule has 0 aliphatic carbocycles. The second-order valence-electron chi connectivity index (χ2n) is 17.5. The molecule has 0 aliphatic heterocycles. The average molecular weight is 842 g/mol. The van der Waals surface area contributed by atoms with E-state index in [1.165, 1.54) is 161 Å². The van der Waals surface area contributed by atoms with Crippen molar-refractivity contribution in [2.24, 2.45) is 0 Å². The number of unbranched alkanes of at least 4 members (excludes halogenated alkanes) is 30. The van der Waals surface area contributed by atoms with Crippen LogP contribution in [0.1, 0.15) is 258 Å². The molecular formula is C54H99NO5. The molecule has 1 amide bonds. The highest BCUT2D eigenvalue weighted by atomic mass is 16.5. The van der Waals surface area contributed by atoms with E-state index in [4.69, 9.17) is 4.74 Å². The van der Waals surface area contributed by atoms with Crippen molar-refractivity contribution >= 4 is 11.9 Å². The maximum Gasteiger partial charge on any atom is 0.305 e. The minimum atomic E-state index is -0.854. The first-order valence-corrected chi connectivity index (χ1v) is 25.9. The van der Waals surface area contributed by atoms with Crippen molar-refractivity contribution in [1.82, 2.24) is 5.32 Å². The molecule has 3 N–H and O–H groups in total. The van der Waals surface area contributed by atoms with E-state index < -0.39 is 12.1 Å². The number of esters is 1. The molecule has 0 aromatic heterocycles. The highest BCUT2D eigenvalue weighted by Crippen LogP contribution is 2.14. The molecule has 350 valence electrons. The van der Waals surface area contributed by atoms with Gasteiger partial charge in [0.25, 0.3) is 0 Å². The molecule has 0 spiro atoms. The van der Waals surface area contributed by atoms with Crippen molar-refractivity contribution in [3.05, 3.63) is 48.6 Å². The molecule has 0 saturated heterocycles. The van der Waals surface area contributed by atoms with Gasteiger partial charge in [-0.25, -0.2) is 0 Å². The lowest BCUT2D eigenvalue weighted by Gasteiger charge is -2.20. The van der Waals surface area contributed by atoms with Crippen molar-refractivity contribution in [3.63, 3.8) is 0 Å². The minimum absolute atomic E-state index is 0.0184. The number of aliphatic hydroxyl groups excluding tert-OH is 2. The van der Waals surface area contributed by atoms with Gasteiger partial charge in [0.05, 0.1) is 25.4 Å². The van der Waals surface area contributed by atoms with E-state index in [1.54, 1.807) is 6.08 Å². The lowest BCUT2D eigenvalue weighted by atomic mass is 10.1. The molecule has 0 rings (SSSR count). The zero-order valence-electron chi connectivity index (χ0n) is 39.7. The van der Waals surface area contributed by atoms with E-state index in [9.17, 15) is 19.8 Å². The molecule has 0 aromatic carbocycles. The van der Waals surface area contributed by atoms with E-state index in [1.807, 2.05) is 6.08 Å². The molecule has 0 fully saturated rings. The minimum Gasteiger partial charge on any atom is -0.466 e. The third-order valence-corrected chi connectivity index (χ3v) is 11.6. The summed E-state index contributed by atoms with van der Waals surface area (Å²) in [5.74, 6) is -0.107. The zero-order chi connectivity index (χ0) is 43.7. The van der Waals surface area contributed by atoms with Crippen LogP contribution >= 0.6 is 0 Å². The Kier molecular flexibility index (Phi) is 47.7. The number of nitrogens with one attached hydrogen (secondary N) is 1. The van der Waals surface area contributed by atoms with Gasteiger partial charge in [-0.3, -0.25) is 9.59 Å². The first-order chi connectivity index (χ1) is 29.5. The number of rotatable bonds is 47. The molecule has 2 atom stereocenters. The highest BCUT2D eigenvalue weighted by Gasteiger charge is 2.18. The van der Waals surface area contributed by atoms with Gasteiger partial charge in [0, 0.05) is 12.8 Å². The molecule has 60 heavy (non-hydrogen) atoms. The summed E-state index contributed by atoms with van der Waals surface area (Å²) in [5.41, 5.74) is 0. The number of amides is 1. The molecule has 6 heteroatoms. The van der Waals surface area contributed by atoms with Gasteiger partial charge in [0.1, 0.15) is 0 Å². The molecule has 0 aliphatic rings. The summed E-state index contributed by atoms with van der Waals surface area (Å²) in [5, 5.41) is 22.9. The van der Waals surface area contributed by atoms with Gasteiger partial charge >= 0.3 is 5.97 Å². The Morgan fingerprint density at radius 2 is 0.833 bits per heavy atom. The van der Waals surface area contributed by atoms with Crippen LogP contribution in [0, 0.1) is 0 Å². The number of hydrogen-bond donors (Lipinski definition) is 3. The van der Waals surface area contributed by atoms with E-state index >= 15 is 0 Å². The van der Waals surface area contributed by atoms with Gasteiger partial charge in [-0.2, -0.15) is 0 Å². The standard InChI is InChI=1S/C54H99NO5/c1-3-5-7-9-11-13-15-16-17-21-24-28-32-36-40-44-48-54(59)60-49-45-41-37-33-29-25-22-19-18-20-23-27-31-35-39-43-47-53(58)55-51(50-56)52(57)46-42-38-34-30-26-14-12-10-8-6-4-2/h13,15,17-18,20-21,42,46,51-52,56-57H,3-12,14,16,19,22-41,43-45,47-50H2,1-2H3,(H,55,58)/b15-13-,20-18-,21-17-,46-42+. The van der Waals surface area contributed by atoms with E-state index in [0.717, 1.165) is 70.6 Å². The lowest BCUT2D eigenvalue weighted by Crippen LogP contribution is -2.45. The van der Waals surface area contributed by atoms with Gasteiger partial charge in [-0.15, -0.1) is 0 Å². The van der Waals surface area contributed by atoms with Crippen LogP contribution < -0.4 is 5.32 Å². The fourth-order valence-electron chi connectivity index (χ4n) is 7.54.